The van der Waals surface area contributed by atoms with Crippen molar-refractivity contribution in [2.24, 2.45) is 0 Å². The van der Waals surface area contributed by atoms with Gasteiger partial charge in [-0.25, -0.2) is 4.98 Å². The van der Waals surface area contributed by atoms with E-state index < -0.39 is 0 Å². The number of phenolic OH excluding ortho intramolecular Hbond substituents is 1. The molecular formula is C14H18N2OS. The molecule has 0 saturated carbocycles. The van der Waals surface area contributed by atoms with E-state index in [1.165, 1.54) is 0 Å². The Balaban J connectivity index is 2.24. The molecule has 0 saturated heterocycles. The molecule has 1 atom stereocenters. The molecule has 0 aliphatic heterocycles. The maximum Gasteiger partial charge on any atom is 0.134 e. The lowest BCUT2D eigenvalue weighted by atomic mass is 10.1. The zero-order valence-corrected chi connectivity index (χ0v) is 11.5. The summed E-state index contributed by atoms with van der Waals surface area (Å²) in [6.07, 6.45) is 1.79. The zero-order valence-electron chi connectivity index (χ0n) is 10.7. The third-order valence-electron chi connectivity index (χ3n) is 2.70. The Kier molecular flexibility index (Phi) is 4.31. The fourth-order valence-corrected chi connectivity index (χ4v) is 2.51. The Bertz CT molecular complexity index is 530. The number of fused-ring (bicyclic) bond motifs is 1. The lowest BCUT2D eigenvalue weighted by Crippen LogP contribution is -2.19. The summed E-state index contributed by atoms with van der Waals surface area (Å²) < 4.78 is 0. The number of hydrogen-bond donors (Lipinski definition) is 2. The summed E-state index contributed by atoms with van der Waals surface area (Å²) in [6, 6.07) is 7.66. The van der Waals surface area contributed by atoms with Gasteiger partial charge in [0.05, 0.1) is 0 Å². The van der Waals surface area contributed by atoms with Crippen LogP contribution in [-0.4, -0.2) is 27.6 Å². The molecule has 96 valence electrons. The number of benzene rings is 1. The second kappa shape index (κ2) is 5.96. The first-order chi connectivity index (χ1) is 8.70. The molecule has 0 amide bonds. The topological polar surface area (TPSA) is 45.2 Å². The molecular weight excluding hydrogens is 244 g/mol. The highest BCUT2D eigenvalue weighted by atomic mass is 32.2. The van der Waals surface area contributed by atoms with Crippen LogP contribution >= 0.6 is 11.8 Å². The molecule has 0 bridgehead atoms. The maximum absolute atomic E-state index is 9.57. The van der Waals surface area contributed by atoms with E-state index in [-0.39, 0.29) is 5.75 Å². The molecule has 0 aliphatic rings. The highest BCUT2D eigenvalue weighted by molar-refractivity contribution is 7.99. The van der Waals surface area contributed by atoms with Crippen LogP contribution in [0, 0.1) is 0 Å². The first-order valence-corrected chi connectivity index (χ1v) is 7.28. The summed E-state index contributed by atoms with van der Waals surface area (Å²) in [6.45, 7) is 4.30. The predicted octanol–water partition coefficient (Wildman–Crippen LogP) is 3.49. The summed E-state index contributed by atoms with van der Waals surface area (Å²) in [5.41, 5.74) is 0. The fraction of sp³-hybridized carbons (Fsp3) is 0.357. The number of aromatic hydroxyl groups is 1. The first kappa shape index (κ1) is 13.0. The van der Waals surface area contributed by atoms with Crippen LogP contribution < -0.4 is 5.32 Å². The smallest absolute Gasteiger partial charge is 0.134 e. The van der Waals surface area contributed by atoms with Gasteiger partial charge in [-0.05, 0) is 36.3 Å². The molecule has 0 spiro atoms. The second-order valence-electron chi connectivity index (χ2n) is 4.27. The molecule has 4 heteroatoms. The molecule has 1 aromatic heterocycles. The molecule has 1 heterocycles. The second-order valence-corrected chi connectivity index (χ2v) is 5.59. The van der Waals surface area contributed by atoms with E-state index in [1.807, 2.05) is 23.9 Å². The Morgan fingerprint density at radius 3 is 3.00 bits per heavy atom. The van der Waals surface area contributed by atoms with Crippen LogP contribution in [0.25, 0.3) is 10.8 Å². The number of nitrogens with zero attached hydrogens (tertiary/aromatic N) is 1. The number of rotatable bonds is 5. The third kappa shape index (κ3) is 3.07. The molecule has 0 aliphatic carbocycles. The minimum Gasteiger partial charge on any atom is -0.508 e. The van der Waals surface area contributed by atoms with Crippen molar-refractivity contribution in [3.05, 3.63) is 30.5 Å². The van der Waals surface area contributed by atoms with Crippen LogP contribution in [0.4, 0.5) is 5.82 Å². The zero-order chi connectivity index (χ0) is 13.0. The predicted molar refractivity (Wildman–Crippen MR) is 79.5 cm³/mol. The van der Waals surface area contributed by atoms with Crippen LogP contribution in [0.15, 0.2) is 30.5 Å². The molecule has 1 aromatic carbocycles. The average Bonchev–Trinajstić information content (AvgIpc) is 2.37. The van der Waals surface area contributed by atoms with Crippen molar-refractivity contribution in [2.75, 3.05) is 16.8 Å². The third-order valence-corrected chi connectivity index (χ3v) is 3.85. The van der Waals surface area contributed by atoms with Crippen molar-refractivity contribution < 1.29 is 5.11 Å². The Hall–Kier alpha value is -1.42. The number of nitrogens with one attached hydrogen (secondary N) is 1. The summed E-state index contributed by atoms with van der Waals surface area (Å²) in [5, 5.41) is 15.0. The molecule has 2 rings (SSSR count). The summed E-state index contributed by atoms with van der Waals surface area (Å²) >= 11 is 1.90. The van der Waals surface area contributed by atoms with Crippen molar-refractivity contribution in [3.63, 3.8) is 0 Å². The number of hydrogen-bond acceptors (Lipinski definition) is 4. The summed E-state index contributed by atoms with van der Waals surface area (Å²) in [4.78, 5) is 4.36. The number of phenols is 1. The van der Waals surface area contributed by atoms with Crippen LogP contribution in [0.3, 0.4) is 0 Å². The molecule has 1 unspecified atom stereocenters. The van der Waals surface area contributed by atoms with E-state index in [9.17, 15) is 5.11 Å². The van der Waals surface area contributed by atoms with Gasteiger partial charge in [0.1, 0.15) is 11.6 Å². The molecule has 18 heavy (non-hydrogen) atoms. The van der Waals surface area contributed by atoms with Gasteiger partial charge in [0.15, 0.2) is 0 Å². The highest BCUT2D eigenvalue weighted by Crippen LogP contribution is 2.25. The largest absolute Gasteiger partial charge is 0.508 e. The molecule has 0 fully saturated rings. The van der Waals surface area contributed by atoms with Crippen molar-refractivity contribution in [1.82, 2.24) is 4.98 Å². The Morgan fingerprint density at radius 1 is 1.39 bits per heavy atom. The van der Waals surface area contributed by atoms with E-state index in [0.29, 0.717) is 6.04 Å². The summed E-state index contributed by atoms with van der Waals surface area (Å²) in [5.74, 6) is 3.28. The quantitative estimate of drug-likeness (QED) is 0.865. The van der Waals surface area contributed by atoms with Gasteiger partial charge in [-0.1, -0.05) is 13.0 Å². The maximum atomic E-state index is 9.57. The van der Waals surface area contributed by atoms with Gasteiger partial charge in [0, 0.05) is 23.4 Å². The van der Waals surface area contributed by atoms with Crippen molar-refractivity contribution in [3.8, 4) is 5.75 Å². The van der Waals surface area contributed by atoms with Crippen molar-refractivity contribution in [2.45, 2.75) is 19.9 Å². The highest BCUT2D eigenvalue weighted by Gasteiger charge is 2.07. The van der Waals surface area contributed by atoms with Crippen LogP contribution in [0.5, 0.6) is 5.75 Å². The van der Waals surface area contributed by atoms with E-state index in [1.54, 1.807) is 18.3 Å². The number of aromatic nitrogens is 1. The lowest BCUT2D eigenvalue weighted by Gasteiger charge is -2.15. The standard InChI is InChI=1S/C14H18N2OS/c1-3-18-9-10(2)16-14-13-8-12(17)5-4-11(13)6-7-15-14/h4-8,10,17H,3,9H2,1-2H3,(H,15,16). The Morgan fingerprint density at radius 2 is 2.22 bits per heavy atom. The number of pyridine rings is 1. The van der Waals surface area contributed by atoms with E-state index >= 15 is 0 Å². The van der Waals surface area contributed by atoms with Gasteiger partial charge in [0.2, 0.25) is 0 Å². The first-order valence-electron chi connectivity index (χ1n) is 6.12. The average molecular weight is 262 g/mol. The molecule has 2 N–H and O–H groups in total. The van der Waals surface area contributed by atoms with Gasteiger partial charge >= 0.3 is 0 Å². The summed E-state index contributed by atoms with van der Waals surface area (Å²) in [7, 11) is 0. The number of thioether (sulfide) groups is 1. The molecule has 0 radical (unpaired) electrons. The minimum absolute atomic E-state index is 0.272. The molecule has 3 nitrogen and oxygen atoms in total. The Labute approximate surface area is 112 Å². The van der Waals surface area contributed by atoms with Crippen LogP contribution in [0.1, 0.15) is 13.8 Å². The fourth-order valence-electron chi connectivity index (χ4n) is 1.84. The van der Waals surface area contributed by atoms with E-state index in [2.05, 4.69) is 24.1 Å². The van der Waals surface area contributed by atoms with Crippen molar-refractivity contribution >= 4 is 28.4 Å². The van der Waals surface area contributed by atoms with E-state index in [4.69, 9.17) is 0 Å². The SMILES string of the molecule is CCSCC(C)Nc1nccc2ccc(O)cc12. The van der Waals surface area contributed by atoms with Gasteiger partial charge in [-0.2, -0.15) is 11.8 Å². The lowest BCUT2D eigenvalue weighted by molar-refractivity contribution is 0.476. The van der Waals surface area contributed by atoms with Gasteiger partial charge in [0.25, 0.3) is 0 Å². The van der Waals surface area contributed by atoms with E-state index in [0.717, 1.165) is 28.1 Å². The van der Waals surface area contributed by atoms with Gasteiger partial charge < -0.3 is 10.4 Å². The van der Waals surface area contributed by atoms with Crippen molar-refractivity contribution in [1.29, 1.82) is 0 Å². The monoisotopic (exact) mass is 262 g/mol. The van der Waals surface area contributed by atoms with Crippen LogP contribution in [-0.2, 0) is 0 Å². The van der Waals surface area contributed by atoms with Gasteiger partial charge in [-0.3, -0.25) is 0 Å². The minimum atomic E-state index is 0.272. The molecule has 2 aromatic rings. The number of anilines is 1. The van der Waals surface area contributed by atoms with Gasteiger partial charge in [-0.15, -0.1) is 0 Å². The van der Waals surface area contributed by atoms with Crippen LogP contribution in [0.2, 0.25) is 0 Å². The normalized spacial score (nSPS) is 12.6.